The predicted molar refractivity (Wildman–Crippen MR) is 73.4 cm³/mol. The number of hydrogen-bond donors (Lipinski definition) is 2. The van der Waals surface area contributed by atoms with Crippen molar-refractivity contribution >= 4 is 16.9 Å². The first-order valence-electron chi connectivity index (χ1n) is 6.44. The minimum Gasteiger partial charge on any atom is -0.396 e. The maximum Gasteiger partial charge on any atom is 0.225 e. The summed E-state index contributed by atoms with van der Waals surface area (Å²) in [6.45, 7) is 2.24. The van der Waals surface area contributed by atoms with Crippen molar-refractivity contribution in [2.24, 2.45) is 13.0 Å². The molecular formula is C14H19N3O2. The van der Waals surface area contributed by atoms with Crippen LogP contribution in [0.4, 0.5) is 0 Å². The molecule has 1 heterocycles. The lowest BCUT2D eigenvalue weighted by atomic mass is 10.1. The van der Waals surface area contributed by atoms with E-state index in [0.717, 1.165) is 16.6 Å². The number of carbonyl (C=O) groups is 1. The van der Waals surface area contributed by atoms with Crippen LogP contribution in [0.2, 0.25) is 0 Å². The molecule has 5 nitrogen and oxygen atoms in total. The Bertz CT molecular complexity index is 573. The summed E-state index contributed by atoms with van der Waals surface area (Å²) in [7, 11) is 1.95. The summed E-state index contributed by atoms with van der Waals surface area (Å²) < 4.78 is 1.95. The Labute approximate surface area is 112 Å². The number of fused-ring (bicyclic) bond motifs is 1. The Morgan fingerprint density at radius 3 is 3.00 bits per heavy atom. The van der Waals surface area contributed by atoms with Gasteiger partial charge in [-0.25, -0.2) is 4.98 Å². The van der Waals surface area contributed by atoms with E-state index in [0.29, 0.717) is 13.0 Å². The first kappa shape index (κ1) is 13.5. The van der Waals surface area contributed by atoms with Crippen LogP contribution in [0.15, 0.2) is 24.5 Å². The number of nitrogens with one attached hydrogen (secondary N) is 1. The Morgan fingerprint density at radius 2 is 2.32 bits per heavy atom. The fourth-order valence-electron chi connectivity index (χ4n) is 2.02. The van der Waals surface area contributed by atoms with E-state index in [-0.39, 0.29) is 18.4 Å². The lowest BCUT2D eigenvalue weighted by molar-refractivity contribution is -0.126. The summed E-state index contributed by atoms with van der Waals surface area (Å²) in [4.78, 5) is 16.0. The van der Waals surface area contributed by atoms with Gasteiger partial charge in [0.15, 0.2) is 0 Å². The molecule has 102 valence electrons. The molecule has 1 unspecified atom stereocenters. The number of aliphatic hydroxyl groups excluding tert-OH is 1. The zero-order valence-corrected chi connectivity index (χ0v) is 11.3. The molecule has 0 saturated carbocycles. The summed E-state index contributed by atoms with van der Waals surface area (Å²) in [5, 5.41) is 11.9. The summed E-state index contributed by atoms with van der Waals surface area (Å²) in [5.74, 6) is -0.426. The van der Waals surface area contributed by atoms with E-state index < -0.39 is 0 Å². The van der Waals surface area contributed by atoms with Crippen LogP contribution in [0.1, 0.15) is 18.9 Å². The summed E-state index contributed by atoms with van der Waals surface area (Å²) in [5.41, 5.74) is 2.99. The molecule has 2 N–H and O–H groups in total. The van der Waals surface area contributed by atoms with Crippen molar-refractivity contribution in [2.75, 3.05) is 6.61 Å². The van der Waals surface area contributed by atoms with E-state index in [1.165, 1.54) is 0 Å². The van der Waals surface area contributed by atoms with Gasteiger partial charge in [0.1, 0.15) is 0 Å². The molecule has 0 aliphatic heterocycles. The second-order valence-electron chi connectivity index (χ2n) is 4.68. The van der Waals surface area contributed by atoms with Crippen LogP contribution in [0.3, 0.4) is 0 Å². The molecule has 0 radical (unpaired) electrons. The zero-order chi connectivity index (χ0) is 13.8. The smallest absolute Gasteiger partial charge is 0.225 e. The highest BCUT2D eigenvalue weighted by atomic mass is 16.3. The number of amides is 1. The molecule has 1 atom stereocenters. The molecule has 0 spiro atoms. The highest BCUT2D eigenvalue weighted by molar-refractivity contribution is 5.79. The maximum atomic E-state index is 11.8. The molecular weight excluding hydrogens is 242 g/mol. The van der Waals surface area contributed by atoms with E-state index in [2.05, 4.69) is 10.3 Å². The molecule has 1 aromatic heterocycles. The average Bonchev–Trinajstić information content (AvgIpc) is 2.79. The van der Waals surface area contributed by atoms with Crippen LogP contribution in [0.25, 0.3) is 11.0 Å². The molecule has 2 aromatic rings. The van der Waals surface area contributed by atoms with E-state index in [9.17, 15) is 4.79 Å². The van der Waals surface area contributed by atoms with Gasteiger partial charge in [0.2, 0.25) is 5.91 Å². The summed E-state index contributed by atoms with van der Waals surface area (Å²) in [6, 6.07) is 5.94. The first-order chi connectivity index (χ1) is 9.15. The van der Waals surface area contributed by atoms with Crippen LogP contribution in [-0.4, -0.2) is 27.2 Å². The van der Waals surface area contributed by atoms with E-state index in [1.54, 1.807) is 6.33 Å². The van der Waals surface area contributed by atoms with Gasteiger partial charge in [-0.1, -0.05) is 13.0 Å². The summed E-state index contributed by atoms with van der Waals surface area (Å²) >= 11 is 0. The number of carbonyl (C=O) groups excluding carboxylic acids is 1. The van der Waals surface area contributed by atoms with Crippen molar-refractivity contribution in [3.05, 3.63) is 30.1 Å². The summed E-state index contributed by atoms with van der Waals surface area (Å²) in [6.07, 6.45) is 2.41. The second kappa shape index (κ2) is 5.84. The number of benzene rings is 1. The minimum atomic E-state index is -0.321. The monoisotopic (exact) mass is 261 g/mol. The third-order valence-electron chi connectivity index (χ3n) is 3.34. The fraction of sp³-hybridized carbons (Fsp3) is 0.429. The molecule has 0 fully saturated rings. The lowest BCUT2D eigenvalue weighted by Gasteiger charge is -2.12. The largest absolute Gasteiger partial charge is 0.396 e. The number of aryl methyl sites for hydroxylation is 1. The average molecular weight is 261 g/mol. The molecule has 1 amide bonds. The number of aliphatic hydroxyl groups is 1. The van der Waals surface area contributed by atoms with Crippen molar-refractivity contribution < 1.29 is 9.90 Å². The highest BCUT2D eigenvalue weighted by Gasteiger charge is 2.14. The zero-order valence-electron chi connectivity index (χ0n) is 11.3. The molecule has 5 heteroatoms. The third kappa shape index (κ3) is 2.93. The van der Waals surface area contributed by atoms with Crippen molar-refractivity contribution in [1.82, 2.24) is 14.9 Å². The van der Waals surface area contributed by atoms with Gasteiger partial charge in [0.25, 0.3) is 0 Å². The van der Waals surface area contributed by atoms with Crippen molar-refractivity contribution in [3.8, 4) is 0 Å². The van der Waals surface area contributed by atoms with E-state index in [1.807, 2.05) is 36.7 Å². The SMILES string of the molecule is CCC(CO)C(=O)NCc1ccc2c(c1)ncn2C. The molecule has 2 rings (SSSR count). The molecule has 0 aliphatic carbocycles. The standard InChI is InChI=1S/C14H19N3O2/c1-3-11(8-18)14(19)15-7-10-4-5-13-12(6-10)16-9-17(13)2/h4-6,9,11,18H,3,7-8H2,1-2H3,(H,15,19). The van der Waals surface area contributed by atoms with Gasteiger partial charge in [-0.15, -0.1) is 0 Å². The second-order valence-corrected chi connectivity index (χ2v) is 4.68. The minimum absolute atomic E-state index is 0.105. The number of aromatic nitrogens is 2. The van der Waals surface area contributed by atoms with E-state index >= 15 is 0 Å². The van der Waals surface area contributed by atoms with Gasteiger partial charge in [0, 0.05) is 13.6 Å². The molecule has 0 bridgehead atoms. The maximum absolute atomic E-state index is 11.8. The Hall–Kier alpha value is -1.88. The van der Waals surface area contributed by atoms with Crippen LogP contribution in [0.5, 0.6) is 0 Å². The molecule has 1 aromatic carbocycles. The normalized spacial score (nSPS) is 12.6. The highest BCUT2D eigenvalue weighted by Crippen LogP contribution is 2.14. The number of rotatable bonds is 5. The Balaban J connectivity index is 2.03. The molecule has 19 heavy (non-hydrogen) atoms. The Morgan fingerprint density at radius 1 is 1.53 bits per heavy atom. The fourth-order valence-corrected chi connectivity index (χ4v) is 2.02. The van der Waals surface area contributed by atoms with Crippen molar-refractivity contribution in [2.45, 2.75) is 19.9 Å². The van der Waals surface area contributed by atoms with Crippen molar-refractivity contribution in [3.63, 3.8) is 0 Å². The van der Waals surface area contributed by atoms with Gasteiger partial charge in [-0.2, -0.15) is 0 Å². The van der Waals surface area contributed by atoms with Gasteiger partial charge >= 0.3 is 0 Å². The number of nitrogens with zero attached hydrogens (tertiary/aromatic N) is 2. The lowest BCUT2D eigenvalue weighted by Crippen LogP contribution is -2.31. The van der Waals surface area contributed by atoms with Crippen molar-refractivity contribution in [1.29, 1.82) is 0 Å². The number of imidazole rings is 1. The Kier molecular flexibility index (Phi) is 4.16. The van der Waals surface area contributed by atoms with Gasteiger partial charge in [-0.05, 0) is 24.1 Å². The molecule has 0 saturated heterocycles. The van der Waals surface area contributed by atoms with Crippen LogP contribution >= 0.6 is 0 Å². The topological polar surface area (TPSA) is 67.2 Å². The predicted octanol–water partition coefficient (Wildman–Crippen LogP) is 1.21. The van der Waals surface area contributed by atoms with E-state index in [4.69, 9.17) is 5.11 Å². The van der Waals surface area contributed by atoms with Gasteiger partial charge in [-0.3, -0.25) is 4.79 Å². The number of hydrogen-bond acceptors (Lipinski definition) is 3. The molecule has 0 aliphatic rings. The van der Waals surface area contributed by atoms with Gasteiger partial charge < -0.3 is 15.0 Å². The quantitative estimate of drug-likeness (QED) is 0.850. The van der Waals surface area contributed by atoms with Crippen LogP contribution < -0.4 is 5.32 Å². The van der Waals surface area contributed by atoms with Gasteiger partial charge in [0.05, 0.1) is 29.9 Å². The van der Waals surface area contributed by atoms with Crippen LogP contribution in [0, 0.1) is 5.92 Å². The third-order valence-corrected chi connectivity index (χ3v) is 3.34. The van der Waals surface area contributed by atoms with Crippen LogP contribution in [-0.2, 0) is 18.4 Å². The first-order valence-corrected chi connectivity index (χ1v) is 6.44.